The van der Waals surface area contributed by atoms with Gasteiger partial charge in [0.1, 0.15) is 0 Å². The van der Waals surface area contributed by atoms with Crippen molar-refractivity contribution in [1.82, 2.24) is 9.21 Å². The highest BCUT2D eigenvalue weighted by molar-refractivity contribution is 7.89. The maximum Gasteiger partial charge on any atom is 0.243 e. The van der Waals surface area contributed by atoms with Crippen LogP contribution in [0, 0.1) is 0 Å². The molecular weight excluding hydrogens is 398 g/mol. The SMILES string of the molecule is O=C(CN1CCN(S(=O)(=O)c2ccc(Cl)cc2)CC1)N1CCc2ccccc21. The Bertz CT molecular complexity index is 970. The molecule has 2 aliphatic rings. The molecule has 1 saturated heterocycles. The first-order chi connectivity index (χ1) is 13.4. The molecule has 0 spiro atoms. The van der Waals surface area contributed by atoms with E-state index in [0.29, 0.717) is 44.3 Å². The number of fused-ring (bicyclic) bond motifs is 1. The lowest BCUT2D eigenvalue weighted by Gasteiger charge is -2.34. The summed E-state index contributed by atoms with van der Waals surface area (Å²) in [4.78, 5) is 16.9. The minimum atomic E-state index is -3.53. The van der Waals surface area contributed by atoms with E-state index in [0.717, 1.165) is 12.1 Å². The van der Waals surface area contributed by atoms with Crippen LogP contribution in [0.1, 0.15) is 5.56 Å². The van der Waals surface area contributed by atoms with Gasteiger partial charge in [-0.1, -0.05) is 29.8 Å². The summed E-state index contributed by atoms with van der Waals surface area (Å²) in [5, 5.41) is 0.505. The van der Waals surface area contributed by atoms with Crippen LogP contribution in [0.5, 0.6) is 0 Å². The van der Waals surface area contributed by atoms with Crippen LogP contribution in [0.25, 0.3) is 0 Å². The van der Waals surface area contributed by atoms with Gasteiger partial charge in [-0.15, -0.1) is 0 Å². The number of piperazine rings is 1. The molecule has 0 unspecified atom stereocenters. The average molecular weight is 420 g/mol. The van der Waals surface area contributed by atoms with Crippen LogP contribution in [0.3, 0.4) is 0 Å². The van der Waals surface area contributed by atoms with Crippen LogP contribution in [0.2, 0.25) is 5.02 Å². The number of halogens is 1. The Hall–Kier alpha value is -1.93. The second-order valence-corrected chi connectivity index (χ2v) is 9.43. The Morgan fingerprint density at radius 1 is 0.929 bits per heavy atom. The van der Waals surface area contributed by atoms with Gasteiger partial charge in [-0.05, 0) is 42.3 Å². The molecule has 2 aromatic carbocycles. The van der Waals surface area contributed by atoms with Gasteiger partial charge in [0.2, 0.25) is 15.9 Å². The number of amides is 1. The van der Waals surface area contributed by atoms with Crippen LogP contribution in [-0.4, -0.2) is 62.8 Å². The maximum atomic E-state index is 12.8. The molecule has 2 aliphatic heterocycles. The summed E-state index contributed by atoms with van der Waals surface area (Å²) in [7, 11) is -3.53. The molecule has 0 atom stereocenters. The molecule has 0 saturated carbocycles. The van der Waals surface area contributed by atoms with Crippen molar-refractivity contribution < 1.29 is 13.2 Å². The van der Waals surface area contributed by atoms with Crippen molar-refractivity contribution in [3.63, 3.8) is 0 Å². The van der Waals surface area contributed by atoms with Crippen molar-refractivity contribution in [3.05, 3.63) is 59.1 Å². The quantitative estimate of drug-likeness (QED) is 0.762. The molecule has 0 radical (unpaired) electrons. The lowest BCUT2D eigenvalue weighted by Crippen LogP contribution is -2.51. The van der Waals surface area contributed by atoms with E-state index in [-0.39, 0.29) is 10.8 Å². The number of hydrogen-bond acceptors (Lipinski definition) is 4. The summed E-state index contributed by atoms with van der Waals surface area (Å²) in [6.07, 6.45) is 0.884. The summed E-state index contributed by atoms with van der Waals surface area (Å²) in [6, 6.07) is 14.2. The van der Waals surface area contributed by atoms with E-state index in [4.69, 9.17) is 11.6 Å². The monoisotopic (exact) mass is 419 g/mol. The number of benzene rings is 2. The molecule has 4 rings (SSSR count). The minimum absolute atomic E-state index is 0.0685. The topological polar surface area (TPSA) is 60.9 Å². The third-order valence-corrected chi connectivity index (χ3v) is 7.49. The Morgan fingerprint density at radius 3 is 2.32 bits per heavy atom. The molecule has 1 fully saturated rings. The first kappa shape index (κ1) is 19.4. The molecule has 0 N–H and O–H groups in total. The summed E-state index contributed by atoms with van der Waals surface area (Å²) in [6.45, 7) is 2.83. The summed E-state index contributed by atoms with van der Waals surface area (Å²) in [5.41, 5.74) is 2.20. The maximum absolute atomic E-state index is 12.8. The van der Waals surface area contributed by atoms with Gasteiger partial charge in [0.05, 0.1) is 11.4 Å². The van der Waals surface area contributed by atoms with Gasteiger partial charge in [0.15, 0.2) is 0 Å². The number of nitrogens with zero attached hydrogens (tertiary/aromatic N) is 3. The first-order valence-corrected chi connectivity index (χ1v) is 11.1. The second-order valence-electron chi connectivity index (χ2n) is 7.06. The lowest BCUT2D eigenvalue weighted by molar-refractivity contribution is -0.119. The van der Waals surface area contributed by atoms with Crippen molar-refractivity contribution in [2.75, 3.05) is 44.2 Å². The number of sulfonamides is 1. The number of rotatable bonds is 4. The number of para-hydroxylation sites is 1. The molecule has 8 heteroatoms. The van der Waals surface area contributed by atoms with E-state index >= 15 is 0 Å². The number of anilines is 1. The lowest BCUT2D eigenvalue weighted by atomic mass is 10.2. The van der Waals surface area contributed by atoms with Crippen molar-refractivity contribution in [2.24, 2.45) is 0 Å². The number of carbonyl (C=O) groups excluding carboxylic acids is 1. The Balaban J connectivity index is 1.36. The van der Waals surface area contributed by atoms with Crippen LogP contribution >= 0.6 is 11.6 Å². The summed E-state index contributed by atoms with van der Waals surface area (Å²) in [5.74, 6) is 0.0685. The molecule has 148 valence electrons. The predicted molar refractivity (Wildman–Crippen MR) is 109 cm³/mol. The highest BCUT2D eigenvalue weighted by atomic mass is 35.5. The smallest absolute Gasteiger partial charge is 0.243 e. The zero-order valence-corrected chi connectivity index (χ0v) is 17.0. The molecule has 0 aromatic heterocycles. The number of carbonyl (C=O) groups is 1. The van der Waals surface area contributed by atoms with Gasteiger partial charge in [0, 0.05) is 43.4 Å². The van der Waals surface area contributed by atoms with Gasteiger partial charge in [-0.25, -0.2) is 8.42 Å². The molecule has 28 heavy (non-hydrogen) atoms. The van der Waals surface area contributed by atoms with Gasteiger partial charge in [0.25, 0.3) is 0 Å². The minimum Gasteiger partial charge on any atom is -0.311 e. The molecular formula is C20H22ClN3O3S. The predicted octanol–water partition coefficient (Wildman–Crippen LogP) is 2.24. The van der Waals surface area contributed by atoms with Gasteiger partial charge >= 0.3 is 0 Å². The average Bonchev–Trinajstić information content (AvgIpc) is 3.13. The van der Waals surface area contributed by atoms with Crippen molar-refractivity contribution in [1.29, 1.82) is 0 Å². The molecule has 0 bridgehead atoms. The summed E-state index contributed by atoms with van der Waals surface area (Å²) < 4.78 is 27.0. The molecule has 1 amide bonds. The zero-order valence-electron chi connectivity index (χ0n) is 15.4. The molecule has 2 heterocycles. The Labute approximate surface area is 170 Å². The Morgan fingerprint density at radius 2 is 1.61 bits per heavy atom. The van der Waals surface area contributed by atoms with E-state index in [1.54, 1.807) is 12.1 Å². The zero-order chi connectivity index (χ0) is 19.7. The van der Waals surface area contributed by atoms with Crippen LogP contribution < -0.4 is 4.90 Å². The van der Waals surface area contributed by atoms with Crippen molar-refractivity contribution in [2.45, 2.75) is 11.3 Å². The van der Waals surface area contributed by atoms with Gasteiger partial charge in [-0.2, -0.15) is 4.31 Å². The van der Waals surface area contributed by atoms with Crippen molar-refractivity contribution >= 4 is 33.2 Å². The van der Waals surface area contributed by atoms with Crippen LogP contribution in [0.15, 0.2) is 53.4 Å². The molecule has 2 aromatic rings. The second kappa shape index (κ2) is 7.83. The fourth-order valence-electron chi connectivity index (χ4n) is 3.76. The van der Waals surface area contributed by atoms with Gasteiger partial charge in [-0.3, -0.25) is 9.69 Å². The largest absolute Gasteiger partial charge is 0.311 e. The van der Waals surface area contributed by atoms with Crippen LogP contribution in [0.4, 0.5) is 5.69 Å². The Kier molecular flexibility index (Phi) is 5.42. The highest BCUT2D eigenvalue weighted by Crippen LogP contribution is 2.27. The van der Waals surface area contributed by atoms with Crippen molar-refractivity contribution in [3.8, 4) is 0 Å². The standard InChI is InChI=1S/C20H22ClN3O3S/c21-17-5-7-18(8-6-17)28(26,27)23-13-11-22(12-14-23)15-20(25)24-10-9-16-3-1-2-4-19(16)24/h1-8H,9-15H2. The third kappa shape index (κ3) is 3.80. The molecule has 6 nitrogen and oxygen atoms in total. The van der Waals surface area contributed by atoms with Gasteiger partial charge < -0.3 is 4.90 Å². The summed E-state index contributed by atoms with van der Waals surface area (Å²) >= 11 is 5.85. The van der Waals surface area contributed by atoms with E-state index in [2.05, 4.69) is 6.07 Å². The van der Waals surface area contributed by atoms with E-state index in [9.17, 15) is 13.2 Å². The first-order valence-electron chi connectivity index (χ1n) is 9.31. The molecule has 0 aliphatic carbocycles. The highest BCUT2D eigenvalue weighted by Gasteiger charge is 2.31. The third-order valence-electron chi connectivity index (χ3n) is 5.33. The van der Waals surface area contributed by atoms with E-state index < -0.39 is 10.0 Å². The fourth-order valence-corrected chi connectivity index (χ4v) is 5.31. The van der Waals surface area contributed by atoms with E-state index in [1.807, 2.05) is 28.0 Å². The van der Waals surface area contributed by atoms with E-state index in [1.165, 1.54) is 22.0 Å². The number of hydrogen-bond donors (Lipinski definition) is 0. The fraction of sp³-hybridized carbons (Fsp3) is 0.350. The normalized spacial score (nSPS) is 18.2. The van der Waals surface area contributed by atoms with Crippen LogP contribution in [-0.2, 0) is 21.2 Å².